The molecule has 2 aromatic carbocycles. The largest absolute Gasteiger partial charge is 0.453 e. The number of fused-ring (bicyclic) bond motifs is 4. The maximum absolute atomic E-state index is 14.4. The van der Waals surface area contributed by atoms with Gasteiger partial charge in [0.05, 0.1) is 50.5 Å². The van der Waals surface area contributed by atoms with E-state index in [-0.39, 0.29) is 47.2 Å². The van der Waals surface area contributed by atoms with Gasteiger partial charge in [0.15, 0.2) is 0 Å². The molecular formula is C50H64N8O7. The highest BCUT2D eigenvalue weighted by atomic mass is 16.5. The number of rotatable bonds is 10. The lowest BCUT2D eigenvalue weighted by molar-refractivity contribution is -0.138. The molecule has 1 spiro atoms. The molecule has 3 saturated heterocycles. The molecule has 7 atom stereocenters. The zero-order valence-corrected chi connectivity index (χ0v) is 38.6. The molecule has 65 heavy (non-hydrogen) atoms. The highest BCUT2D eigenvalue weighted by molar-refractivity contribution is 5.87. The van der Waals surface area contributed by atoms with Crippen molar-refractivity contribution in [1.29, 1.82) is 0 Å². The van der Waals surface area contributed by atoms with Crippen molar-refractivity contribution in [1.82, 2.24) is 40.4 Å². The summed E-state index contributed by atoms with van der Waals surface area (Å²) < 4.78 is 15.7. The molecule has 5 aliphatic rings. The van der Waals surface area contributed by atoms with E-state index in [0.717, 1.165) is 115 Å². The van der Waals surface area contributed by atoms with E-state index in [1.54, 1.807) is 0 Å². The van der Waals surface area contributed by atoms with Gasteiger partial charge in [-0.25, -0.2) is 19.6 Å². The van der Waals surface area contributed by atoms with Crippen LogP contribution in [0.25, 0.3) is 33.6 Å². The number of benzene rings is 2. The summed E-state index contributed by atoms with van der Waals surface area (Å²) in [6.07, 6.45) is 10.1. The Morgan fingerprint density at radius 2 is 1.51 bits per heavy atom. The zero-order valence-electron chi connectivity index (χ0n) is 38.6. The third kappa shape index (κ3) is 8.63. The van der Waals surface area contributed by atoms with Gasteiger partial charge in [-0.1, -0.05) is 83.0 Å². The normalized spacial score (nSPS) is 24.6. The second kappa shape index (κ2) is 18.3. The molecule has 4 aromatic rings. The summed E-state index contributed by atoms with van der Waals surface area (Å²) in [6.45, 7) is 9.60. The maximum atomic E-state index is 14.4. The number of hydrogen-bond donors (Lipinski definition) is 4. The summed E-state index contributed by atoms with van der Waals surface area (Å²) in [6, 6.07) is 13.3. The quantitative estimate of drug-likeness (QED) is 0.123. The molecule has 2 aromatic heterocycles. The van der Waals surface area contributed by atoms with E-state index in [0.29, 0.717) is 19.1 Å². The molecule has 0 bridgehead atoms. The lowest BCUT2D eigenvalue weighted by Crippen LogP contribution is -2.53. The van der Waals surface area contributed by atoms with Crippen molar-refractivity contribution in [3.05, 3.63) is 71.6 Å². The number of imidazole rings is 2. The summed E-state index contributed by atoms with van der Waals surface area (Å²) in [5, 5.41) is 5.59. The average molecular weight is 889 g/mol. The van der Waals surface area contributed by atoms with Gasteiger partial charge in [0, 0.05) is 35.9 Å². The minimum atomic E-state index is -0.736. The van der Waals surface area contributed by atoms with Crippen LogP contribution in [0.3, 0.4) is 0 Å². The predicted octanol–water partition coefficient (Wildman–Crippen LogP) is 7.90. The summed E-state index contributed by atoms with van der Waals surface area (Å²) in [7, 11) is 2.63. The predicted molar refractivity (Wildman–Crippen MR) is 244 cm³/mol. The fourth-order valence-electron chi connectivity index (χ4n) is 11.4. The van der Waals surface area contributed by atoms with E-state index in [1.165, 1.54) is 26.2 Å². The summed E-state index contributed by atoms with van der Waals surface area (Å²) in [5.74, 6) is 1.49. The van der Waals surface area contributed by atoms with Gasteiger partial charge >= 0.3 is 12.2 Å². The van der Waals surface area contributed by atoms with Crippen LogP contribution < -0.4 is 10.6 Å². The first-order valence-electron chi connectivity index (χ1n) is 23.6. The summed E-state index contributed by atoms with van der Waals surface area (Å²) >= 11 is 0. The Balaban J connectivity index is 0.932. The lowest BCUT2D eigenvalue weighted by atomic mass is 9.80. The second-order valence-electron chi connectivity index (χ2n) is 19.7. The molecule has 5 heterocycles. The number of aromatic nitrogens is 4. The highest BCUT2D eigenvalue weighted by Crippen LogP contribution is 2.49. The number of aryl methyl sites for hydroxylation is 2. The van der Waals surface area contributed by atoms with Crippen LogP contribution in [-0.4, -0.2) is 106 Å². The number of likely N-dealkylation sites (tertiary alicyclic amines) is 2. The Labute approximate surface area is 381 Å². The molecule has 4 fully saturated rings. The SMILES string of the molecule is COC(=O)N[C@H](C(=O)N1C[C@]2(CCCOC2)C[C@H]1c1ncc(-c2ccc(-c3ccc4c(c3)CCc3[nH]c([C@@H]5C[C@@H]6CCCC[C@@H]6N5C(=O)[C@@H](NC(=O)OC)C(C)C)nc3-4)cc2)[nH]1)C(C)C. The first-order valence-corrected chi connectivity index (χ1v) is 23.6. The molecule has 9 rings (SSSR count). The number of H-pyrrole nitrogens is 2. The number of aromatic amines is 2. The molecule has 4 amide bonds. The Hall–Kier alpha value is -5.70. The third-order valence-corrected chi connectivity index (χ3v) is 14.9. The van der Waals surface area contributed by atoms with E-state index in [9.17, 15) is 19.2 Å². The number of ether oxygens (including phenoxy) is 3. The summed E-state index contributed by atoms with van der Waals surface area (Å²) in [4.78, 5) is 74.5. The van der Waals surface area contributed by atoms with Gasteiger partial charge < -0.3 is 44.6 Å². The molecule has 2 aliphatic carbocycles. The Morgan fingerprint density at radius 3 is 2.20 bits per heavy atom. The molecular weight excluding hydrogens is 825 g/mol. The fraction of sp³-hybridized carbons (Fsp3) is 0.560. The number of methoxy groups -OCH3 is 2. The van der Waals surface area contributed by atoms with Crippen LogP contribution in [0.5, 0.6) is 0 Å². The molecule has 15 nitrogen and oxygen atoms in total. The van der Waals surface area contributed by atoms with Crippen LogP contribution in [0.4, 0.5) is 9.59 Å². The average Bonchev–Trinajstić information content (AvgIpc) is 4.14. The first-order chi connectivity index (χ1) is 31.4. The number of carbonyl (C=O) groups excluding carboxylic acids is 4. The number of carbonyl (C=O) groups is 4. The Morgan fingerprint density at radius 1 is 0.815 bits per heavy atom. The van der Waals surface area contributed by atoms with Gasteiger partial charge in [0.1, 0.15) is 23.7 Å². The number of nitrogens with zero attached hydrogens (tertiary/aromatic N) is 4. The summed E-state index contributed by atoms with van der Waals surface area (Å²) in [5.41, 5.74) is 8.30. The molecule has 4 N–H and O–H groups in total. The van der Waals surface area contributed by atoms with Gasteiger partial charge in [-0.3, -0.25) is 9.59 Å². The number of amides is 4. The van der Waals surface area contributed by atoms with Crippen molar-refractivity contribution in [3.63, 3.8) is 0 Å². The number of nitrogens with one attached hydrogen (secondary N) is 4. The standard InChI is InChI=1S/C50H64N8O7/c1-28(2)41(55-48(61)63-5)46(59)57-26-50(20-9-21-65-27-50)24-40(57)44-51-25-37(53-44)31-14-12-30(13-15-31)32-16-18-35-33(22-32)17-19-36-43(35)54-45(52-36)39-23-34-10-7-8-11-38(34)58(39)47(60)42(29(3)4)56-49(62)64-6/h12-16,18,22,25,28-29,34,38-42H,7-11,17,19-21,23-24,26-27H2,1-6H3,(H,51,53)(H,52,54)(H,55,61)(H,56,62)/t34-,38-,39-,40-,41-,42-,50-/m0/s1. The van der Waals surface area contributed by atoms with Gasteiger partial charge in [0.25, 0.3) is 0 Å². The van der Waals surface area contributed by atoms with Crippen molar-refractivity contribution >= 4 is 24.0 Å². The zero-order chi connectivity index (χ0) is 45.6. The van der Waals surface area contributed by atoms with E-state index in [1.807, 2.05) is 43.7 Å². The van der Waals surface area contributed by atoms with Crippen LogP contribution in [-0.2, 0) is 36.6 Å². The Bertz CT molecular complexity index is 2400. The number of hydrogen-bond acceptors (Lipinski definition) is 9. The molecule has 3 aliphatic heterocycles. The smallest absolute Gasteiger partial charge is 0.407 e. The van der Waals surface area contributed by atoms with Gasteiger partial charge in [-0.05, 0) is 91.4 Å². The van der Waals surface area contributed by atoms with Gasteiger partial charge in [-0.2, -0.15) is 0 Å². The van der Waals surface area contributed by atoms with Crippen LogP contribution in [0, 0.1) is 23.2 Å². The van der Waals surface area contributed by atoms with E-state index in [4.69, 9.17) is 24.2 Å². The van der Waals surface area contributed by atoms with Crippen LogP contribution >= 0.6 is 0 Å². The second-order valence-corrected chi connectivity index (χ2v) is 19.7. The van der Waals surface area contributed by atoms with E-state index >= 15 is 0 Å². The van der Waals surface area contributed by atoms with Crippen molar-refractivity contribution < 1.29 is 33.4 Å². The third-order valence-electron chi connectivity index (χ3n) is 14.9. The molecule has 15 heteroatoms. The van der Waals surface area contributed by atoms with E-state index < -0.39 is 24.3 Å². The molecule has 0 radical (unpaired) electrons. The topological polar surface area (TPSA) is 184 Å². The lowest BCUT2D eigenvalue weighted by Gasteiger charge is -2.36. The minimum absolute atomic E-state index is 0.0649. The van der Waals surface area contributed by atoms with Gasteiger partial charge in [0.2, 0.25) is 11.8 Å². The Kier molecular flexibility index (Phi) is 12.5. The minimum Gasteiger partial charge on any atom is -0.453 e. The maximum Gasteiger partial charge on any atom is 0.407 e. The number of alkyl carbamates (subject to hydrolysis) is 2. The van der Waals surface area contributed by atoms with Crippen LogP contribution in [0.1, 0.15) is 114 Å². The van der Waals surface area contributed by atoms with Crippen molar-refractivity contribution in [2.24, 2.45) is 23.2 Å². The monoisotopic (exact) mass is 888 g/mol. The fourth-order valence-corrected chi connectivity index (χ4v) is 11.4. The van der Waals surface area contributed by atoms with Crippen LogP contribution in [0.2, 0.25) is 0 Å². The van der Waals surface area contributed by atoms with Gasteiger partial charge in [-0.15, -0.1) is 0 Å². The molecule has 346 valence electrons. The van der Waals surface area contributed by atoms with Crippen molar-refractivity contribution in [2.75, 3.05) is 34.0 Å². The van der Waals surface area contributed by atoms with Crippen LogP contribution in [0.15, 0.2) is 48.7 Å². The molecule has 1 saturated carbocycles. The highest BCUT2D eigenvalue weighted by Gasteiger charge is 2.51. The van der Waals surface area contributed by atoms with Crippen molar-refractivity contribution in [3.8, 4) is 33.6 Å². The molecule has 0 unspecified atom stereocenters. The van der Waals surface area contributed by atoms with E-state index in [2.05, 4.69) is 63.1 Å². The first kappa shape index (κ1) is 44.5. The van der Waals surface area contributed by atoms with Crippen molar-refractivity contribution in [2.45, 2.75) is 122 Å².